The minimum absolute atomic E-state index is 0.108. The van der Waals surface area contributed by atoms with Crippen LogP contribution < -0.4 is 5.59 Å². The van der Waals surface area contributed by atoms with Crippen molar-refractivity contribution < 1.29 is 18.8 Å². The number of esters is 1. The molecule has 2 rings (SSSR count). The molecule has 1 aromatic heterocycles. The van der Waals surface area contributed by atoms with E-state index < -0.39 is 24.3 Å². The van der Waals surface area contributed by atoms with E-state index in [0.29, 0.717) is 11.2 Å². The summed E-state index contributed by atoms with van der Waals surface area (Å²) in [5.41, 5.74) is 0.0448. The molecule has 1 aromatic rings. The number of hydrogen-bond donors (Lipinski definition) is 0. The van der Waals surface area contributed by atoms with Crippen molar-refractivity contribution in [2.24, 2.45) is 0 Å². The van der Waals surface area contributed by atoms with Gasteiger partial charge < -0.3 is 18.6 Å². The summed E-state index contributed by atoms with van der Waals surface area (Å²) in [4.78, 5) is 11.7. The third kappa shape index (κ3) is 2.69. The number of nitriles is 1. The van der Waals surface area contributed by atoms with Crippen LogP contribution >= 0.6 is 0 Å². The molecule has 1 saturated heterocycles. The second kappa shape index (κ2) is 5.21. The highest BCUT2D eigenvalue weighted by atomic mass is 16.7. The standard InChI is InChI=1S/C14H19BN2O4/c1-13(2)14(3,4)21-15(20-13)11-8-10(12(18)19-5)9-17(11)7-6-16/h8-9H,7H2,1-5H3. The average Bonchev–Trinajstić information content (AvgIpc) is 2.89. The molecular formula is C14H19BN2O4. The van der Waals surface area contributed by atoms with Gasteiger partial charge in [-0.05, 0) is 33.8 Å². The van der Waals surface area contributed by atoms with Gasteiger partial charge in [-0.25, -0.2) is 4.79 Å². The molecule has 0 radical (unpaired) electrons. The van der Waals surface area contributed by atoms with E-state index in [1.807, 2.05) is 27.7 Å². The smallest absolute Gasteiger partial charge is 0.465 e. The van der Waals surface area contributed by atoms with E-state index in [1.54, 1.807) is 16.8 Å². The zero-order valence-corrected chi connectivity index (χ0v) is 13.0. The van der Waals surface area contributed by atoms with Gasteiger partial charge in [0.25, 0.3) is 0 Å². The molecule has 1 aliphatic heterocycles. The minimum atomic E-state index is -0.623. The minimum Gasteiger partial charge on any atom is -0.465 e. The lowest BCUT2D eigenvalue weighted by Crippen LogP contribution is -2.41. The molecule has 0 N–H and O–H groups in total. The first-order chi connectivity index (χ1) is 9.71. The SMILES string of the molecule is COC(=O)c1cc(B2OC(C)(C)C(C)(C)O2)n(CC#N)c1. The maximum absolute atomic E-state index is 11.7. The topological polar surface area (TPSA) is 73.5 Å². The molecule has 2 heterocycles. The van der Waals surface area contributed by atoms with Crippen molar-refractivity contribution in [1.29, 1.82) is 5.26 Å². The lowest BCUT2D eigenvalue weighted by molar-refractivity contribution is 0.00578. The number of rotatable bonds is 3. The second-order valence-corrected chi connectivity index (χ2v) is 6.02. The monoisotopic (exact) mass is 290 g/mol. The van der Waals surface area contributed by atoms with Crippen molar-refractivity contribution in [2.45, 2.75) is 45.4 Å². The van der Waals surface area contributed by atoms with Crippen LogP contribution in [0.25, 0.3) is 0 Å². The van der Waals surface area contributed by atoms with Crippen molar-refractivity contribution in [3.8, 4) is 6.07 Å². The third-order valence-electron chi connectivity index (χ3n) is 4.09. The molecule has 0 bridgehead atoms. The molecule has 0 unspecified atom stereocenters. The zero-order chi connectivity index (χ0) is 15.8. The van der Waals surface area contributed by atoms with E-state index in [9.17, 15) is 4.79 Å². The fraction of sp³-hybridized carbons (Fsp3) is 0.571. The Morgan fingerprint density at radius 2 is 1.95 bits per heavy atom. The van der Waals surface area contributed by atoms with Gasteiger partial charge >= 0.3 is 13.1 Å². The molecule has 0 aromatic carbocycles. The highest BCUT2D eigenvalue weighted by Gasteiger charge is 2.52. The van der Waals surface area contributed by atoms with Gasteiger partial charge in [0, 0.05) is 6.20 Å². The van der Waals surface area contributed by atoms with Crippen LogP contribution in [-0.4, -0.2) is 36.0 Å². The van der Waals surface area contributed by atoms with Crippen LogP contribution in [0.3, 0.4) is 0 Å². The van der Waals surface area contributed by atoms with Gasteiger partial charge in [-0.2, -0.15) is 5.26 Å². The summed E-state index contributed by atoms with van der Waals surface area (Å²) < 4.78 is 18.3. The zero-order valence-electron chi connectivity index (χ0n) is 13.0. The maximum Gasteiger partial charge on any atom is 0.512 e. The van der Waals surface area contributed by atoms with Crippen LogP contribution in [0.4, 0.5) is 0 Å². The third-order valence-corrected chi connectivity index (χ3v) is 4.09. The predicted molar refractivity (Wildman–Crippen MR) is 77.1 cm³/mol. The van der Waals surface area contributed by atoms with E-state index in [2.05, 4.69) is 6.07 Å². The first-order valence-electron chi connectivity index (χ1n) is 6.73. The van der Waals surface area contributed by atoms with E-state index in [0.717, 1.165) is 0 Å². The number of carbonyl (C=O) groups excluding carboxylic acids is 1. The van der Waals surface area contributed by atoms with Crippen molar-refractivity contribution >= 4 is 18.7 Å². The summed E-state index contributed by atoms with van der Waals surface area (Å²) in [5, 5.41) is 8.93. The number of carbonyl (C=O) groups is 1. The van der Waals surface area contributed by atoms with Crippen LogP contribution in [0, 0.1) is 11.3 Å². The van der Waals surface area contributed by atoms with Gasteiger partial charge in [0.15, 0.2) is 0 Å². The Labute approximate surface area is 124 Å². The molecule has 0 atom stereocenters. The van der Waals surface area contributed by atoms with Gasteiger partial charge in [0.1, 0.15) is 6.54 Å². The van der Waals surface area contributed by atoms with Crippen LogP contribution in [0.15, 0.2) is 12.3 Å². The van der Waals surface area contributed by atoms with Crippen molar-refractivity contribution in [2.75, 3.05) is 7.11 Å². The van der Waals surface area contributed by atoms with Gasteiger partial charge in [0.05, 0.1) is 35.5 Å². The fourth-order valence-electron chi connectivity index (χ4n) is 2.13. The largest absolute Gasteiger partial charge is 0.512 e. The molecule has 21 heavy (non-hydrogen) atoms. The predicted octanol–water partition coefficient (Wildman–Crippen LogP) is 1.10. The molecule has 0 spiro atoms. The summed E-state index contributed by atoms with van der Waals surface area (Å²) in [6.45, 7) is 7.91. The maximum atomic E-state index is 11.7. The average molecular weight is 290 g/mol. The van der Waals surface area contributed by atoms with Gasteiger partial charge in [-0.15, -0.1) is 0 Å². The molecule has 112 valence electrons. The molecule has 6 nitrogen and oxygen atoms in total. The van der Waals surface area contributed by atoms with Gasteiger partial charge in [-0.3, -0.25) is 0 Å². The number of nitrogens with zero attached hydrogens (tertiary/aromatic N) is 2. The fourth-order valence-corrected chi connectivity index (χ4v) is 2.13. The Bertz CT molecular complexity index is 585. The van der Waals surface area contributed by atoms with E-state index >= 15 is 0 Å². The van der Waals surface area contributed by atoms with Crippen LogP contribution in [0.5, 0.6) is 0 Å². The summed E-state index contributed by atoms with van der Waals surface area (Å²) in [7, 11) is 0.695. The first-order valence-corrected chi connectivity index (χ1v) is 6.73. The Balaban J connectivity index is 2.38. The first kappa shape index (κ1) is 15.6. The number of aromatic nitrogens is 1. The van der Waals surface area contributed by atoms with Crippen LogP contribution in [0.1, 0.15) is 38.1 Å². The van der Waals surface area contributed by atoms with E-state index in [-0.39, 0.29) is 6.54 Å². The molecular weight excluding hydrogens is 271 g/mol. The Morgan fingerprint density at radius 1 is 1.38 bits per heavy atom. The molecule has 0 aliphatic carbocycles. The molecule has 1 aliphatic rings. The molecule has 1 fully saturated rings. The number of methoxy groups -OCH3 is 1. The quantitative estimate of drug-likeness (QED) is 0.615. The van der Waals surface area contributed by atoms with Gasteiger partial charge in [-0.1, -0.05) is 0 Å². The van der Waals surface area contributed by atoms with Crippen molar-refractivity contribution in [3.05, 3.63) is 17.8 Å². The summed E-state index contributed by atoms with van der Waals surface area (Å²) in [6, 6.07) is 3.70. The Hall–Kier alpha value is -1.78. The number of hydrogen-bond acceptors (Lipinski definition) is 5. The lowest BCUT2D eigenvalue weighted by atomic mass is 9.84. The summed E-state index contributed by atoms with van der Waals surface area (Å²) in [6.07, 6.45) is 1.58. The molecule has 7 heteroatoms. The van der Waals surface area contributed by atoms with E-state index in [4.69, 9.17) is 19.3 Å². The lowest BCUT2D eigenvalue weighted by Gasteiger charge is -2.32. The van der Waals surface area contributed by atoms with Gasteiger partial charge in [0.2, 0.25) is 0 Å². The van der Waals surface area contributed by atoms with Crippen molar-refractivity contribution in [1.82, 2.24) is 4.57 Å². The Morgan fingerprint density at radius 3 is 2.43 bits per heavy atom. The molecule has 0 amide bonds. The highest BCUT2D eigenvalue weighted by Crippen LogP contribution is 2.36. The number of ether oxygens (including phenoxy) is 1. The second-order valence-electron chi connectivity index (χ2n) is 6.02. The van der Waals surface area contributed by atoms with Crippen molar-refractivity contribution in [3.63, 3.8) is 0 Å². The summed E-state index contributed by atoms with van der Waals surface area (Å²) >= 11 is 0. The van der Waals surface area contributed by atoms with Crippen LogP contribution in [-0.2, 0) is 20.6 Å². The molecule has 0 saturated carbocycles. The Kier molecular flexibility index (Phi) is 3.87. The highest BCUT2D eigenvalue weighted by molar-refractivity contribution is 6.61. The normalized spacial score (nSPS) is 19.3. The van der Waals surface area contributed by atoms with E-state index in [1.165, 1.54) is 7.11 Å². The summed E-state index contributed by atoms with van der Waals surface area (Å²) in [5.74, 6) is -0.454. The van der Waals surface area contributed by atoms with Crippen LogP contribution in [0.2, 0.25) is 0 Å².